The van der Waals surface area contributed by atoms with Crippen LogP contribution in [0.15, 0.2) is 24.3 Å². The summed E-state index contributed by atoms with van der Waals surface area (Å²) >= 11 is 0. The highest BCUT2D eigenvalue weighted by atomic mass is 16.2. The van der Waals surface area contributed by atoms with Gasteiger partial charge in [0.05, 0.1) is 6.04 Å². The summed E-state index contributed by atoms with van der Waals surface area (Å²) in [6.07, 6.45) is 2.26. The Labute approximate surface area is 116 Å². The molecule has 1 N–H and O–H groups in total. The van der Waals surface area contributed by atoms with Crippen LogP contribution in [0.1, 0.15) is 36.4 Å². The lowest BCUT2D eigenvalue weighted by Gasteiger charge is -2.17. The topological polar surface area (TPSA) is 66.5 Å². The summed E-state index contributed by atoms with van der Waals surface area (Å²) in [5.74, 6) is -0.774. The number of rotatable bonds is 3. The van der Waals surface area contributed by atoms with Crippen LogP contribution in [-0.4, -0.2) is 29.2 Å². The molecule has 1 aromatic rings. The van der Waals surface area contributed by atoms with Crippen molar-refractivity contribution in [3.05, 3.63) is 35.4 Å². The maximum absolute atomic E-state index is 12.0. The van der Waals surface area contributed by atoms with Gasteiger partial charge in [0.1, 0.15) is 6.54 Å². The van der Waals surface area contributed by atoms with Gasteiger partial charge in [-0.25, -0.2) is 0 Å². The van der Waals surface area contributed by atoms with Gasteiger partial charge in [0.25, 0.3) is 0 Å². The number of carbonyl (C=O) groups is 3. The summed E-state index contributed by atoms with van der Waals surface area (Å²) in [6, 6.07) is 8.02. The molecule has 5 heteroatoms. The van der Waals surface area contributed by atoms with Crippen LogP contribution < -0.4 is 5.32 Å². The third-order valence-electron chi connectivity index (χ3n) is 3.92. The lowest BCUT2D eigenvalue weighted by molar-refractivity contribution is -0.142. The highest BCUT2D eigenvalue weighted by Crippen LogP contribution is 2.30. The van der Waals surface area contributed by atoms with Gasteiger partial charge in [0.2, 0.25) is 17.7 Å². The quantitative estimate of drug-likeness (QED) is 0.833. The molecule has 0 aromatic heterocycles. The minimum Gasteiger partial charge on any atom is -0.348 e. The molecule has 0 bridgehead atoms. The van der Waals surface area contributed by atoms with E-state index in [0.717, 1.165) is 23.3 Å². The van der Waals surface area contributed by atoms with E-state index in [4.69, 9.17) is 0 Å². The lowest BCUT2D eigenvalue weighted by Crippen LogP contribution is -2.40. The molecule has 0 unspecified atom stereocenters. The Morgan fingerprint density at radius 3 is 2.60 bits per heavy atom. The van der Waals surface area contributed by atoms with Crippen molar-refractivity contribution in [2.24, 2.45) is 0 Å². The fraction of sp³-hybridized carbons (Fsp3) is 0.400. The van der Waals surface area contributed by atoms with Gasteiger partial charge in [-0.1, -0.05) is 24.3 Å². The number of hydrogen-bond acceptors (Lipinski definition) is 3. The van der Waals surface area contributed by atoms with Crippen LogP contribution in [0.4, 0.5) is 0 Å². The van der Waals surface area contributed by atoms with Crippen LogP contribution in [0.25, 0.3) is 0 Å². The zero-order valence-electron chi connectivity index (χ0n) is 11.1. The molecule has 5 nitrogen and oxygen atoms in total. The second kappa shape index (κ2) is 5.07. The monoisotopic (exact) mass is 272 g/mol. The van der Waals surface area contributed by atoms with Gasteiger partial charge < -0.3 is 5.32 Å². The molecule has 1 aliphatic carbocycles. The zero-order valence-corrected chi connectivity index (χ0v) is 11.1. The number of benzene rings is 1. The molecule has 20 heavy (non-hydrogen) atoms. The van der Waals surface area contributed by atoms with Gasteiger partial charge in [0, 0.05) is 12.8 Å². The molecule has 1 atom stereocenters. The average Bonchev–Trinajstić information content (AvgIpc) is 2.98. The van der Waals surface area contributed by atoms with Crippen molar-refractivity contribution in [2.45, 2.75) is 31.7 Å². The minimum absolute atomic E-state index is 0.00786. The second-order valence-electron chi connectivity index (χ2n) is 5.23. The minimum atomic E-state index is -0.268. The number of nitrogens with zero attached hydrogens (tertiary/aromatic N) is 1. The number of likely N-dealkylation sites (tertiary alicyclic amines) is 1. The number of imide groups is 1. The molecular weight excluding hydrogens is 256 g/mol. The van der Waals surface area contributed by atoms with Crippen molar-refractivity contribution < 1.29 is 14.4 Å². The van der Waals surface area contributed by atoms with E-state index >= 15 is 0 Å². The molecule has 0 saturated carbocycles. The Hall–Kier alpha value is -2.17. The van der Waals surface area contributed by atoms with Crippen LogP contribution in [0, 0.1) is 0 Å². The third-order valence-corrected chi connectivity index (χ3v) is 3.92. The van der Waals surface area contributed by atoms with E-state index in [1.165, 1.54) is 5.56 Å². The van der Waals surface area contributed by atoms with Crippen LogP contribution in [0.2, 0.25) is 0 Å². The number of carbonyl (C=O) groups excluding carboxylic acids is 3. The fourth-order valence-corrected chi connectivity index (χ4v) is 2.89. The van der Waals surface area contributed by atoms with Crippen molar-refractivity contribution in [1.29, 1.82) is 0 Å². The van der Waals surface area contributed by atoms with E-state index in [0.29, 0.717) is 0 Å². The molecule has 1 heterocycles. The first-order valence-electron chi connectivity index (χ1n) is 6.85. The van der Waals surface area contributed by atoms with Gasteiger partial charge in [-0.05, 0) is 24.0 Å². The number of amides is 3. The molecule has 1 aromatic carbocycles. The standard InChI is InChI=1S/C15H16N2O3/c18-13(9-17-14(19)7-8-15(17)20)16-12-6-5-10-3-1-2-4-11(10)12/h1-4,12H,5-9H2,(H,16,18)/t12-/m1/s1. The second-order valence-corrected chi connectivity index (χ2v) is 5.23. The Morgan fingerprint density at radius 2 is 1.85 bits per heavy atom. The predicted octanol–water partition coefficient (Wildman–Crippen LogP) is 0.939. The lowest BCUT2D eigenvalue weighted by atomic mass is 10.1. The van der Waals surface area contributed by atoms with E-state index in [1.54, 1.807) is 0 Å². The largest absolute Gasteiger partial charge is 0.348 e. The highest BCUT2D eigenvalue weighted by molar-refractivity contribution is 6.04. The summed E-state index contributed by atoms with van der Waals surface area (Å²) in [6.45, 7) is -0.156. The Bertz CT molecular complexity index is 566. The maximum Gasteiger partial charge on any atom is 0.240 e. The van der Waals surface area contributed by atoms with E-state index in [9.17, 15) is 14.4 Å². The van der Waals surface area contributed by atoms with Crippen LogP contribution in [0.5, 0.6) is 0 Å². The zero-order chi connectivity index (χ0) is 14.1. The van der Waals surface area contributed by atoms with Crippen LogP contribution >= 0.6 is 0 Å². The smallest absolute Gasteiger partial charge is 0.240 e. The molecule has 0 spiro atoms. The van der Waals surface area contributed by atoms with Gasteiger partial charge in [0.15, 0.2) is 0 Å². The summed E-state index contributed by atoms with van der Waals surface area (Å²) in [5, 5.41) is 2.92. The number of aryl methyl sites for hydroxylation is 1. The Balaban J connectivity index is 1.63. The molecule has 0 radical (unpaired) electrons. The highest BCUT2D eigenvalue weighted by Gasteiger charge is 2.31. The summed E-state index contributed by atoms with van der Waals surface area (Å²) in [4.78, 5) is 36.0. The Kier molecular flexibility index (Phi) is 3.26. The van der Waals surface area contributed by atoms with Gasteiger partial charge in [-0.2, -0.15) is 0 Å². The van der Waals surface area contributed by atoms with Gasteiger partial charge in [-0.15, -0.1) is 0 Å². The molecule has 104 valence electrons. The molecule has 3 rings (SSSR count). The molecule has 1 saturated heterocycles. The van der Waals surface area contributed by atoms with E-state index in [1.807, 2.05) is 18.2 Å². The summed E-state index contributed by atoms with van der Waals surface area (Å²) in [5.41, 5.74) is 2.39. The van der Waals surface area contributed by atoms with E-state index < -0.39 is 0 Å². The van der Waals surface area contributed by atoms with Crippen molar-refractivity contribution >= 4 is 17.7 Å². The maximum atomic E-state index is 12.0. The summed E-state index contributed by atoms with van der Waals surface area (Å²) in [7, 11) is 0. The third kappa shape index (κ3) is 2.31. The summed E-state index contributed by atoms with van der Waals surface area (Å²) < 4.78 is 0. The molecule has 1 fully saturated rings. The molecule has 1 aliphatic heterocycles. The average molecular weight is 272 g/mol. The van der Waals surface area contributed by atoms with Gasteiger partial charge >= 0.3 is 0 Å². The van der Waals surface area contributed by atoms with Gasteiger partial charge in [-0.3, -0.25) is 19.3 Å². The van der Waals surface area contributed by atoms with Crippen molar-refractivity contribution in [3.8, 4) is 0 Å². The van der Waals surface area contributed by atoms with Crippen LogP contribution in [0.3, 0.4) is 0 Å². The first kappa shape index (κ1) is 12.8. The Morgan fingerprint density at radius 1 is 1.15 bits per heavy atom. The number of hydrogen-bond donors (Lipinski definition) is 1. The number of nitrogens with one attached hydrogen (secondary N) is 1. The predicted molar refractivity (Wildman–Crippen MR) is 71.6 cm³/mol. The molecular formula is C15H16N2O3. The van der Waals surface area contributed by atoms with Crippen molar-refractivity contribution in [3.63, 3.8) is 0 Å². The SMILES string of the molecule is O=C(CN1C(=O)CCC1=O)N[C@@H]1CCc2ccccc21. The number of fused-ring (bicyclic) bond motifs is 1. The first-order valence-corrected chi connectivity index (χ1v) is 6.85. The van der Waals surface area contributed by atoms with Crippen LogP contribution in [-0.2, 0) is 20.8 Å². The van der Waals surface area contributed by atoms with Crippen molar-refractivity contribution in [1.82, 2.24) is 10.2 Å². The van der Waals surface area contributed by atoms with E-state index in [-0.39, 0.29) is 43.1 Å². The first-order chi connectivity index (χ1) is 9.65. The van der Waals surface area contributed by atoms with E-state index in [2.05, 4.69) is 11.4 Å². The molecule has 2 aliphatic rings. The van der Waals surface area contributed by atoms with Crippen molar-refractivity contribution in [2.75, 3.05) is 6.54 Å². The normalized spacial score (nSPS) is 21.2. The molecule has 3 amide bonds. The fourth-order valence-electron chi connectivity index (χ4n) is 2.89.